The second kappa shape index (κ2) is 8.95. The van der Waals surface area contributed by atoms with E-state index in [0.29, 0.717) is 6.61 Å². The number of fused-ring (bicyclic) bond motifs is 1. The zero-order valence-corrected chi connectivity index (χ0v) is 17.9. The van der Waals surface area contributed by atoms with Gasteiger partial charge >= 0.3 is 5.97 Å². The third-order valence-electron chi connectivity index (χ3n) is 5.60. The minimum atomic E-state index is -1.34. The van der Waals surface area contributed by atoms with E-state index in [1.54, 1.807) is 19.9 Å². The molecule has 0 N–H and O–H groups in total. The molecule has 8 heteroatoms. The van der Waals surface area contributed by atoms with Gasteiger partial charge in [0, 0.05) is 26.7 Å². The number of benzene rings is 1. The quantitative estimate of drug-likeness (QED) is 0.620. The van der Waals surface area contributed by atoms with Crippen molar-refractivity contribution >= 4 is 11.8 Å². The van der Waals surface area contributed by atoms with Crippen LogP contribution in [0.1, 0.15) is 26.3 Å². The number of ether oxygens (including phenoxy) is 6. The van der Waals surface area contributed by atoms with Crippen LogP contribution in [0.15, 0.2) is 42.0 Å². The number of Topliss-reactive ketones (excluding diaryl/α,β-unsaturated/α-hetero) is 1. The number of ketones is 1. The zero-order chi connectivity index (χ0) is 21.9. The molecule has 1 saturated heterocycles. The first-order valence-corrected chi connectivity index (χ1v) is 9.72. The molecule has 1 aliphatic heterocycles. The molecule has 30 heavy (non-hydrogen) atoms. The van der Waals surface area contributed by atoms with Crippen LogP contribution >= 0.6 is 0 Å². The summed E-state index contributed by atoms with van der Waals surface area (Å²) in [6.07, 6.45) is -0.774. The number of hydrogen-bond acceptors (Lipinski definition) is 8. The van der Waals surface area contributed by atoms with E-state index in [1.807, 2.05) is 30.3 Å². The second-order valence-corrected chi connectivity index (χ2v) is 7.52. The van der Waals surface area contributed by atoms with Crippen LogP contribution in [0.3, 0.4) is 0 Å². The lowest BCUT2D eigenvalue weighted by atomic mass is 9.88. The van der Waals surface area contributed by atoms with Crippen LogP contribution in [0.5, 0.6) is 0 Å². The summed E-state index contributed by atoms with van der Waals surface area (Å²) in [6, 6.07) is 9.63. The van der Waals surface area contributed by atoms with Crippen LogP contribution in [0, 0.1) is 0 Å². The van der Waals surface area contributed by atoms with Crippen LogP contribution in [0.2, 0.25) is 0 Å². The minimum absolute atomic E-state index is 0.169. The average Bonchev–Trinajstić information content (AvgIpc) is 2.74. The molecule has 0 radical (unpaired) electrons. The molecule has 5 atom stereocenters. The van der Waals surface area contributed by atoms with Crippen LogP contribution in [0.4, 0.5) is 0 Å². The number of rotatable bonds is 7. The van der Waals surface area contributed by atoms with E-state index in [9.17, 15) is 9.59 Å². The van der Waals surface area contributed by atoms with Crippen LogP contribution < -0.4 is 0 Å². The molecule has 0 bridgehead atoms. The second-order valence-electron chi connectivity index (χ2n) is 7.52. The Morgan fingerprint density at radius 3 is 2.27 bits per heavy atom. The molecule has 1 aromatic rings. The maximum atomic E-state index is 13.1. The Balaban J connectivity index is 1.91. The number of esters is 1. The molecule has 0 aromatic heterocycles. The Morgan fingerprint density at radius 2 is 1.67 bits per heavy atom. The van der Waals surface area contributed by atoms with E-state index in [-0.39, 0.29) is 18.0 Å². The highest BCUT2D eigenvalue weighted by Crippen LogP contribution is 2.42. The lowest BCUT2D eigenvalue weighted by Gasteiger charge is -2.53. The predicted octanol–water partition coefficient (Wildman–Crippen LogP) is 2.15. The SMILES string of the molecule is CO[C@]1(C)O[C@H]2[C@H](OCc3ccccc3)C=C(COC(C)=O)C(=O)[C@@H]2O[C@@]1(C)OC. The van der Waals surface area contributed by atoms with E-state index < -0.39 is 35.9 Å². The predicted molar refractivity (Wildman–Crippen MR) is 105 cm³/mol. The van der Waals surface area contributed by atoms with Crippen molar-refractivity contribution in [3.63, 3.8) is 0 Å². The van der Waals surface area contributed by atoms with Crippen molar-refractivity contribution in [2.24, 2.45) is 0 Å². The van der Waals surface area contributed by atoms with Gasteiger partial charge in [0.05, 0.1) is 6.61 Å². The van der Waals surface area contributed by atoms with Gasteiger partial charge in [0.1, 0.15) is 18.8 Å². The third-order valence-corrected chi connectivity index (χ3v) is 5.60. The summed E-state index contributed by atoms with van der Waals surface area (Å²) in [5.74, 6) is -3.45. The summed E-state index contributed by atoms with van der Waals surface area (Å²) >= 11 is 0. The topological polar surface area (TPSA) is 89.5 Å². The first-order valence-electron chi connectivity index (χ1n) is 9.72. The van der Waals surface area contributed by atoms with E-state index >= 15 is 0 Å². The Kier molecular flexibility index (Phi) is 6.74. The molecule has 0 unspecified atom stereocenters. The van der Waals surface area contributed by atoms with Gasteiger partial charge in [-0.2, -0.15) is 0 Å². The Hall–Kier alpha value is -2.10. The normalized spacial score (nSPS) is 33.6. The van der Waals surface area contributed by atoms with Crippen molar-refractivity contribution in [1.29, 1.82) is 0 Å². The van der Waals surface area contributed by atoms with Crippen molar-refractivity contribution in [1.82, 2.24) is 0 Å². The monoisotopic (exact) mass is 420 g/mol. The molecule has 1 aromatic carbocycles. The Labute approximate surface area is 176 Å². The molecular formula is C22H28O8. The highest BCUT2D eigenvalue weighted by molar-refractivity contribution is 6.01. The number of carbonyl (C=O) groups excluding carboxylic acids is 2. The molecule has 1 fully saturated rings. The maximum absolute atomic E-state index is 13.1. The van der Waals surface area contributed by atoms with Gasteiger partial charge in [-0.3, -0.25) is 9.59 Å². The molecule has 164 valence electrons. The van der Waals surface area contributed by atoms with Gasteiger partial charge < -0.3 is 28.4 Å². The van der Waals surface area contributed by atoms with Crippen LogP contribution in [-0.4, -0.2) is 62.5 Å². The largest absolute Gasteiger partial charge is 0.461 e. The zero-order valence-electron chi connectivity index (χ0n) is 17.9. The highest BCUT2D eigenvalue weighted by atomic mass is 16.8. The highest BCUT2D eigenvalue weighted by Gasteiger charge is 2.60. The third kappa shape index (κ3) is 4.33. The van der Waals surface area contributed by atoms with Gasteiger partial charge in [-0.25, -0.2) is 0 Å². The summed E-state index contributed by atoms with van der Waals surface area (Å²) in [5.41, 5.74) is 1.25. The lowest BCUT2D eigenvalue weighted by Crippen LogP contribution is -2.69. The average molecular weight is 420 g/mol. The number of carbonyl (C=O) groups is 2. The molecule has 0 spiro atoms. The number of hydrogen-bond donors (Lipinski definition) is 0. The van der Waals surface area contributed by atoms with Gasteiger partial charge in [0.25, 0.3) is 0 Å². The van der Waals surface area contributed by atoms with Crippen molar-refractivity contribution < 1.29 is 38.0 Å². The van der Waals surface area contributed by atoms with E-state index in [0.717, 1.165) is 5.56 Å². The molecule has 1 heterocycles. The summed E-state index contributed by atoms with van der Waals surface area (Å²) in [5, 5.41) is 0. The van der Waals surface area contributed by atoms with Crippen LogP contribution in [0.25, 0.3) is 0 Å². The van der Waals surface area contributed by atoms with Crippen molar-refractivity contribution in [3.8, 4) is 0 Å². The molecule has 3 rings (SSSR count). The maximum Gasteiger partial charge on any atom is 0.302 e. The molecule has 0 saturated carbocycles. The van der Waals surface area contributed by atoms with Gasteiger partial charge in [0.2, 0.25) is 11.6 Å². The summed E-state index contributed by atoms with van der Waals surface area (Å²) < 4.78 is 34.5. The first kappa shape index (κ1) is 22.6. The van der Waals surface area contributed by atoms with E-state index in [4.69, 9.17) is 28.4 Å². The standard InChI is InChI=1S/C22H28O8/c1-14(23)27-13-16-11-17(28-12-15-9-7-6-8-10-15)19-20(18(16)24)30-22(3,26-5)21(2,25-4)29-19/h6-11,17,19-20H,12-13H2,1-5H3/t17-,19+,20+,21-,22-/m1/s1. The first-order chi connectivity index (χ1) is 14.2. The Morgan fingerprint density at radius 1 is 1.03 bits per heavy atom. The molecule has 1 aliphatic carbocycles. The molecule has 8 nitrogen and oxygen atoms in total. The fourth-order valence-corrected chi connectivity index (χ4v) is 3.52. The van der Waals surface area contributed by atoms with Gasteiger partial charge in [0.15, 0.2) is 11.9 Å². The van der Waals surface area contributed by atoms with Crippen molar-refractivity contribution in [2.75, 3.05) is 20.8 Å². The summed E-state index contributed by atoms with van der Waals surface area (Å²) in [7, 11) is 2.93. The fourth-order valence-electron chi connectivity index (χ4n) is 3.52. The van der Waals surface area contributed by atoms with Gasteiger partial charge in [-0.05, 0) is 25.5 Å². The molecule has 0 amide bonds. The fraction of sp³-hybridized carbons (Fsp3) is 0.545. The van der Waals surface area contributed by atoms with Gasteiger partial charge in [-0.1, -0.05) is 30.3 Å². The van der Waals surface area contributed by atoms with Gasteiger partial charge in [-0.15, -0.1) is 0 Å². The summed E-state index contributed by atoms with van der Waals surface area (Å²) in [6.45, 7) is 4.74. The lowest BCUT2D eigenvalue weighted by molar-refractivity contribution is -0.447. The summed E-state index contributed by atoms with van der Waals surface area (Å²) in [4.78, 5) is 24.3. The molecule has 2 aliphatic rings. The Bertz CT molecular complexity index is 807. The van der Waals surface area contributed by atoms with E-state index in [1.165, 1.54) is 21.1 Å². The minimum Gasteiger partial charge on any atom is -0.461 e. The smallest absolute Gasteiger partial charge is 0.302 e. The van der Waals surface area contributed by atoms with Crippen molar-refractivity contribution in [3.05, 3.63) is 47.5 Å². The van der Waals surface area contributed by atoms with Crippen molar-refractivity contribution in [2.45, 2.75) is 57.3 Å². The number of methoxy groups -OCH3 is 2. The molecular weight excluding hydrogens is 392 g/mol. The van der Waals surface area contributed by atoms with Crippen LogP contribution in [-0.2, 0) is 44.6 Å². The van der Waals surface area contributed by atoms with E-state index in [2.05, 4.69) is 0 Å².